The van der Waals surface area contributed by atoms with E-state index in [1.807, 2.05) is 52.1 Å². The molecule has 3 N–H and O–H groups in total. The minimum absolute atomic E-state index is 0. The van der Waals surface area contributed by atoms with Crippen LogP contribution in [0.1, 0.15) is 40.3 Å². The molecule has 2 rings (SSSR count). The molecule has 1 unspecified atom stereocenters. The lowest BCUT2D eigenvalue weighted by molar-refractivity contribution is 0.102. The van der Waals surface area contributed by atoms with Crippen molar-refractivity contribution in [1.82, 2.24) is 9.78 Å². The average molecular weight is 309 g/mol. The van der Waals surface area contributed by atoms with Gasteiger partial charge in [-0.25, -0.2) is 0 Å². The summed E-state index contributed by atoms with van der Waals surface area (Å²) >= 11 is 0. The zero-order valence-corrected chi connectivity index (χ0v) is 13.5. The van der Waals surface area contributed by atoms with Gasteiger partial charge in [-0.1, -0.05) is 12.1 Å². The molecule has 2 aromatic rings. The first-order chi connectivity index (χ1) is 9.40. The Morgan fingerprint density at radius 2 is 1.86 bits per heavy atom. The molecule has 1 aromatic carbocycles. The van der Waals surface area contributed by atoms with Gasteiger partial charge in [0.15, 0.2) is 0 Å². The van der Waals surface area contributed by atoms with E-state index >= 15 is 0 Å². The number of benzene rings is 1. The molecule has 0 bridgehead atoms. The summed E-state index contributed by atoms with van der Waals surface area (Å²) in [6, 6.07) is 7.55. The van der Waals surface area contributed by atoms with E-state index in [2.05, 4.69) is 10.4 Å². The normalized spacial score (nSPS) is 11.7. The predicted molar refractivity (Wildman–Crippen MR) is 86.9 cm³/mol. The second-order valence-corrected chi connectivity index (χ2v) is 5.03. The zero-order chi connectivity index (χ0) is 14.9. The van der Waals surface area contributed by atoms with Crippen LogP contribution in [0.4, 0.5) is 5.69 Å². The van der Waals surface area contributed by atoms with E-state index in [4.69, 9.17) is 5.73 Å². The van der Waals surface area contributed by atoms with Crippen LogP contribution in [-0.4, -0.2) is 15.7 Å². The lowest BCUT2D eigenvalue weighted by Gasteiger charge is -2.08. The number of rotatable bonds is 3. The fraction of sp³-hybridized carbons (Fsp3) is 0.333. The smallest absolute Gasteiger partial charge is 0.259 e. The van der Waals surface area contributed by atoms with E-state index in [1.165, 1.54) is 0 Å². The lowest BCUT2D eigenvalue weighted by Crippen LogP contribution is -2.14. The van der Waals surface area contributed by atoms with E-state index in [1.54, 1.807) is 4.68 Å². The largest absolute Gasteiger partial charge is 0.324 e. The fourth-order valence-corrected chi connectivity index (χ4v) is 2.17. The number of nitrogens with zero attached hydrogens (tertiary/aromatic N) is 2. The Bertz CT molecular complexity index is 632. The van der Waals surface area contributed by atoms with Crippen LogP contribution in [0.15, 0.2) is 24.3 Å². The van der Waals surface area contributed by atoms with Gasteiger partial charge in [0.25, 0.3) is 5.91 Å². The molecular formula is C15H21ClN4O. The van der Waals surface area contributed by atoms with Crippen LogP contribution in [-0.2, 0) is 7.05 Å². The topological polar surface area (TPSA) is 72.9 Å². The molecule has 6 heteroatoms. The third-order valence-corrected chi connectivity index (χ3v) is 3.43. The monoisotopic (exact) mass is 308 g/mol. The van der Waals surface area contributed by atoms with Gasteiger partial charge in [-0.05, 0) is 38.5 Å². The third-order valence-electron chi connectivity index (χ3n) is 3.43. The summed E-state index contributed by atoms with van der Waals surface area (Å²) in [5.41, 5.74) is 9.80. The minimum atomic E-state index is -0.137. The lowest BCUT2D eigenvalue weighted by atomic mass is 10.1. The van der Waals surface area contributed by atoms with Crippen molar-refractivity contribution in [3.05, 3.63) is 46.8 Å². The van der Waals surface area contributed by atoms with Crippen molar-refractivity contribution >= 4 is 24.0 Å². The second-order valence-electron chi connectivity index (χ2n) is 5.03. The van der Waals surface area contributed by atoms with Crippen molar-refractivity contribution in [1.29, 1.82) is 0 Å². The highest BCUT2D eigenvalue weighted by molar-refractivity contribution is 6.05. The van der Waals surface area contributed by atoms with Gasteiger partial charge in [-0.15, -0.1) is 12.4 Å². The van der Waals surface area contributed by atoms with Crippen LogP contribution in [0.3, 0.4) is 0 Å². The summed E-state index contributed by atoms with van der Waals surface area (Å²) < 4.78 is 1.71. The highest BCUT2D eigenvalue weighted by atomic mass is 35.5. The van der Waals surface area contributed by atoms with E-state index in [9.17, 15) is 4.79 Å². The predicted octanol–water partition coefficient (Wildman–Crippen LogP) is 2.73. The van der Waals surface area contributed by atoms with E-state index in [0.29, 0.717) is 5.56 Å². The molecule has 114 valence electrons. The summed E-state index contributed by atoms with van der Waals surface area (Å²) in [6.07, 6.45) is 0. The van der Waals surface area contributed by atoms with E-state index in [0.717, 1.165) is 22.6 Å². The van der Waals surface area contributed by atoms with Crippen molar-refractivity contribution in [3.8, 4) is 0 Å². The molecule has 5 nitrogen and oxygen atoms in total. The first-order valence-corrected chi connectivity index (χ1v) is 6.57. The summed E-state index contributed by atoms with van der Waals surface area (Å²) in [5.74, 6) is -0.137. The summed E-state index contributed by atoms with van der Waals surface area (Å²) in [6.45, 7) is 5.64. The molecule has 0 radical (unpaired) electrons. The maximum absolute atomic E-state index is 12.3. The van der Waals surface area contributed by atoms with Gasteiger partial charge in [0.2, 0.25) is 0 Å². The van der Waals surface area contributed by atoms with E-state index < -0.39 is 0 Å². The maximum Gasteiger partial charge on any atom is 0.259 e. The fourth-order valence-electron chi connectivity index (χ4n) is 2.17. The molecular weight excluding hydrogens is 288 g/mol. The Kier molecular flexibility index (Phi) is 5.52. The van der Waals surface area contributed by atoms with Gasteiger partial charge in [-0.2, -0.15) is 5.10 Å². The summed E-state index contributed by atoms with van der Waals surface area (Å²) in [4.78, 5) is 12.3. The number of aryl methyl sites for hydroxylation is 2. The quantitative estimate of drug-likeness (QED) is 0.915. The van der Waals surface area contributed by atoms with E-state index in [-0.39, 0.29) is 24.4 Å². The van der Waals surface area contributed by atoms with Gasteiger partial charge in [0.05, 0.1) is 11.3 Å². The molecule has 0 spiro atoms. The highest BCUT2D eigenvalue weighted by Gasteiger charge is 2.17. The van der Waals surface area contributed by atoms with Crippen LogP contribution in [0, 0.1) is 13.8 Å². The molecule has 0 aliphatic carbocycles. The van der Waals surface area contributed by atoms with Crippen molar-refractivity contribution in [2.75, 3.05) is 5.32 Å². The number of carbonyl (C=O) groups excluding carboxylic acids is 1. The number of nitrogens with one attached hydrogen (secondary N) is 1. The van der Waals surface area contributed by atoms with Crippen molar-refractivity contribution < 1.29 is 4.79 Å². The number of hydrogen-bond acceptors (Lipinski definition) is 3. The van der Waals surface area contributed by atoms with Gasteiger partial charge in [0.1, 0.15) is 0 Å². The van der Waals surface area contributed by atoms with Crippen LogP contribution < -0.4 is 11.1 Å². The molecule has 1 atom stereocenters. The number of hydrogen-bond donors (Lipinski definition) is 2. The molecule has 1 amide bonds. The molecule has 0 aliphatic rings. The van der Waals surface area contributed by atoms with Crippen LogP contribution >= 0.6 is 12.4 Å². The molecule has 1 heterocycles. The Morgan fingerprint density at radius 1 is 1.29 bits per heavy atom. The van der Waals surface area contributed by atoms with Crippen molar-refractivity contribution in [2.45, 2.75) is 26.8 Å². The molecule has 21 heavy (non-hydrogen) atoms. The number of anilines is 1. The van der Waals surface area contributed by atoms with Gasteiger partial charge >= 0.3 is 0 Å². The molecule has 0 saturated heterocycles. The highest BCUT2D eigenvalue weighted by Crippen LogP contribution is 2.17. The van der Waals surface area contributed by atoms with Gasteiger partial charge in [-0.3, -0.25) is 9.48 Å². The van der Waals surface area contributed by atoms with Crippen LogP contribution in [0.25, 0.3) is 0 Å². The van der Waals surface area contributed by atoms with Crippen molar-refractivity contribution in [3.63, 3.8) is 0 Å². The Balaban J connectivity index is 0.00000220. The second kappa shape index (κ2) is 6.74. The number of aromatic nitrogens is 2. The number of nitrogens with two attached hydrogens (primary N) is 1. The Labute approximate surface area is 130 Å². The first-order valence-electron chi connectivity index (χ1n) is 6.57. The number of amides is 1. The van der Waals surface area contributed by atoms with Gasteiger partial charge < -0.3 is 11.1 Å². The maximum atomic E-state index is 12.3. The third kappa shape index (κ3) is 3.62. The van der Waals surface area contributed by atoms with Crippen LogP contribution in [0.2, 0.25) is 0 Å². The first kappa shape index (κ1) is 17.2. The number of halogens is 1. The zero-order valence-electron chi connectivity index (χ0n) is 12.7. The Hall–Kier alpha value is -1.85. The number of carbonyl (C=O) groups is 1. The molecule has 1 aromatic heterocycles. The summed E-state index contributed by atoms with van der Waals surface area (Å²) in [5, 5.41) is 7.14. The standard InChI is InChI=1S/C15H20N4O.ClH/c1-9(16)12-5-7-13(8-6-12)17-15(20)14-10(2)18-19(4)11(14)3;/h5-9H,16H2,1-4H3,(H,17,20);1H. The van der Waals surface area contributed by atoms with Crippen molar-refractivity contribution in [2.24, 2.45) is 12.8 Å². The molecule has 0 aliphatic heterocycles. The Morgan fingerprint density at radius 3 is 2.29 bits per heavy atom. The minimum Gasteiger partial charge on any atom is -0.324 e. The average Bonchev–Trinajstić information content (AvgIpc) is 2.63. The summed E-state index contributed by atoms with van der Waals surface area (Å²) in [7, 11) is 1.83. The molecule has 0 saturated carbocycles. The van der Waals surface area contributed by atoms with Crippen LogP contribution in [0.5, 0.6) is 0 Å². The molecule has 0 fully saturated rings. The SMILES string of the molecule is Cc1nn(C)c(C)c1C(=O)Nc1ccc(C(C)N)cc1.Cl. The van der Waals surface area contributed by atoms with Gasteiger partial charge in [0, 0.05) is 24.5 Å².